The molecule has 0 bridgehead atoms. The van der Waals surface area contributed by atoms with Crippen molar-refractivity contribution in [1.82, 2.24) is 15.5 Å². The van der Waals surface area contributed by atoms with Crippen molar-refractivity contribution in [3.63, 3.8) is 0 Å². The fourth-order valence-corrected chi connectivity index (χ4v) is 1.05. The van der Waals surface area contributed by atoms with Crippen LogP contribution in [0.3, 0.4) is 0 Å². The minimum atomic E-state index is -0.948. The largest absolute Gasteiger partial charge is 0.481 e. The van der Waals surface area contributed by atoms with Crippen LogP contribution in [0.15, 0.2) is 18.5 Å². The zero-order valence-electron chi connectivity index (χ0n) is 8.17. The van der Waals surface area contributed by atoms with Crippen molar-refractivity contribution in [2.24, 2.45) is 0 Å². The van der Waals surface area contributed by atoms with Gasteiger partial charge in [-0.1, -0.05) is 0 Å². The minimum absolute atomic E-state index is 0.107. The average Bonchev–Trinajstić information content (AvgIpc) is 2.17. The van der Waals surface area contributed by atoms with Crippen LogP contribution >= 0.6 is 0 Å². The number of carboxylic acid groups (broad SMARTS) is 1. The van der Waals surface area contributed by atoms with Crippen molar-refractivity contribution in [2.75, 3.05) is 0 Å². The number of amides is 1. The number of carbonyl (C=O) groups excluding carboxylic acids is 1. The smallest absolute Gasteiger partial charge is 0.305 e. The Morgan fingerprint density at radius 2 is 2.27 bits per heavy atom. The maximum atomic E-state index is 11.5. The Bertz CT molecular complexity index is 353. The highest BCUT2D eigenvalue weighted by atomic mass is 16.4. The molecule has 0 aromatic carbocycles. The summed E-state index contributed by atoms with van der Waals surface area (Å²) in [4.78, 5) is 21.8. The lowest BCUT2D eigenvalue weighted by atomic mass is 10.2. The number of hydrogen-bond acceptors (Lipinski definition) is 4. The van der Waals surface area contributed by atoms with Crippen molar-refractivity contribution >= 4 is 11.9 Å². The molecule has 0 aliphatic rings. The molecule has 1 atom stereocenters. The Hall–Kier alpha value is -1.98. The van der Waals surface area contributed by atoms with Gasteiger partial charge in [-0.2, -0.15) is 10.2 Å². The highest BCUT2D eigenvalue weighted by molar-refractivity contribution is 5.94. The van der Waals surface area contributed by atoms with Crippen LogP contribution in [-0.2, 0) is 4.79 Å². The molecule has 6 nitrogen and oxygen atoms in total. The maximum absolute atomic E-state index is 11.5. The molecule has 1 heterocycles. The molecule has 6 heteroatoms. The normalized spacial score (nSPS) is 11.8. The molecule has 1 unspecified atom stereocenters. The van der Waals surface area contributed by atoms with E-state index in [0.29, 0.717) is 5.56 Å². The molecular weight excluding hydrogens is 198 g/mol. The molecule has 0 fully saturated rings. The van der Waals surface area contributed by atoms with Crippen LogP contribution in [0.4, 0.5) is 0 Å². The first-order chi connectivity index (χ1) is 7.09. The molecule has 2 N–H and O–H groups in total. The molecule has 15 heavy (non-hydrogen) atoms. The lowest BCUT2D eigenvalue weighted by molar-refractivity contribution is -0.137. The van der Waals surface area contributed by atoms with Crippen molar-refractivity contribution in [3.8, 4) is 0 Å². The van der Waals surface area contributed by atoms with E-state index in [9.17, 15) is 9.59 Å². The molecular formula is C9H11N3O3. The highest BCUT2D eigenvalue weighted by Gasteiger charge is 2.12. The van der Waals surface area contributed by atoms with E-state index < -0.39 is 12.0 Å². The number of aromatic nitrogens is 2. The second-order valence-corrected chi connectivity index (χ2v) is 3.10. The summed E-state index contributed by atoms with van der Waals surface area (Å²) in [6, 6.07) is 1.10. The number of aliphatic carboxylic acids is 1. The van der Waals surface area contributed by atoms with Gasteiger partial charge < -0.3 is 10.4 Å². The van der Waals surface area contributed by atoms with Gasteiger partial charge in [0.25, 0.3) is 5.91 Å². The Labute approximate surface area is 86.3 Å². The van der Waals surface area contributed by atoms with E-state index in [1.165, 1.54) is 18.5 Å². The number of hydrogen-bond donors (Lipinski definition) is 2. The summed E-state index contributed by atoms with van der Waals surface area (Å²) in [6.45, 7) is 1.63. The van der Waals surface area contributed by atoms with Gasteiger partial charge in [0.05, 0.1) is 24.4 Å². The zero-order chi connectivity index (χ0) is 11.3. The van der Waals surface area contributed by atoms with Crippen LogP contribution in [0.25, 0.3) is 0 Å². The van der Waals surface area contributed by atoms with Gasteiger partial charge in [-0.05, 0) is 13.0 Å². The predicted molar refractivity (Wildman–Crippen MR) is 51.2 cm³/mol. The number of carboxylic acids is 1. The summed E-state index contributed by atoms with van der Waals surface area (Å²) >= 11 is 0. The molecule has 0 spiro atoms. The van der Waals surface area contributed by atoms with Crippen LogP contribution in [0, 0.1) is 0 Å². The Balaban J connectivity index is 2.53. The molecule has 0 aliphatic carbocycles. The number of nitrogens with one attached hydrogen (secondary N) is 1. The number of carbonyl (C=O) groups is 2. The molecule has 0 aliphatic heterocycles. The number of nitrogens with zero attached hydrogens (tertiary/aromatic N) is 2. The van der Waals surface area contributed by atoms with Gasteiger partial charge >= 0.3 is 5.97 Å². The summed E-state index contributed by atoms with van der Waals surface area (Å²) in [5.74, 6) is -1.30. The highest BCUT2D eigenvalue weighted by Crippen LogP contribution is 1.97. The van der Waals surface area contributed by atoms with Crippen LogP contribution in [-0.4, -0.2) is 33.2 Å². The topological polar surface area (TPSA) is 92.2 Å². The SMILES string of the molecule is CC(CC(=O)O)NC(=O)c1ccnnc1. The van der Waals surface area contributed by atoms with E-state index in [2.05, 4.69) is 15.5 Å². The lowest BCUT2D eigenvalue weighted by Crippen LogP contribution is -2.34. The second kappa shape index (κ2) is 5.04. The summed E-state index contributed by atoms with van der Waals surface area (Å²) in [6.07, 6.45) is 2.61. The molecule has 80 valence electrons. The van der Waals surface area contributed by atoms with E-state index in [4.69, 9.17) is 5.11 Å². The minimum Gasteiger partial charge on any atom is -0.481 e. The summed E-state index contributed by atoms with van der Waals surface area (Å²) < 4.78 is 0. The van der Waals surface area contributed by atoms with E-state index in [0.717, 1.165) is 0 Å². The van der Waals surface area contributed by atoms with Gasteiger partial charge in [0.15, 0.2) is 0 Å². The predicted octanol–water partition coefficient (Wildman–Crippen LogP) is 0.0696. The van der Waals surface area contributed by atoms with E-state index in [-0.39, 0.29) is 12.3 Å². The van der Waals surface area contributed by atoms with Crippen molar-refractivity contribution in [3.05, 3.63) is 24.0 Å². The molecule has 1 amide bonds. The first kappa shape index (κ1) is 11.1. The molecule has 1 rings (SSSR count). The summed E-state index contributed by atoms with van der Waals surface area (Å²) in [5, 5.41) is 18.1. The summed E-state index contributed by atoms with van der Waals surface area (Å²) in [7, 11) is 0. The van der Waals surface area contributed by atoms with Gasteiger partial charge in [0, 0.05) is 6.04 Å². The van der Waals surface area contributed by atoms with Crippen LogP contribution in [0.5, 0.6) is 0 Å². The van der Waals surface area contributed by atoms with Crippen LogP contribution < -0.4 is 5.32 Å². The third kappa shape index (κ3) is 3.72. The van der Waals surface area contributed by atoms with Crippen molar-refractivity contribution in [2.45, 2.75) is 19.4 Å². The van der Waals surface area contributed by atoms with Crippen molar-refractivity contribution in [1.29, 1.82) is 0 Å². The van der Waals surface area contributed by atoms with Gasteiger partial charge in [-0.3, -0.25) is 9.59 Å². The first-order valence-electron chi connectivity index (χ1n) is 4.39. The number of rotatable bonds is 4. The van der Waals surface area contributed by atoms with E-state index in [1.54, 1.807) is 6.92 Å². The molecule has 0 saturated carbocycles. The van der Waals surface area contributed by atoms with Crippen LogP contribution in [0.2, 0.25) is 0 Å². The summed E-state index contributed by atoms with van der Waals surface area (Å²) in [5.41, 5.74) is 0.363. The fourth-order valence-electron chi connectivity index (χ4n) is 1.05. The van der Waals surface area contributed by atoms with Crippen LogP contribution in [0.1, 0.15) is 23.7 Å². The quantitative estimate of drug-likeness (QED) is 0.732. The van der Waals surface area contributed by atoms with Gasteiger partial charge in [0.1, 0.15) is 0 Å². The lowest BCUT2D eigenvalue weighted by Gasteiger charge is -2.10. The van der Waals surface area contributed by atoms with Crippen molar-refractivity contribution < 1.29 is 14.7 Å². The fraction of sp³-hybridized carbons (Fsp3) is 0.333. The monoisotopic (exact) mass is 209 g/mol. The van der Waals surface area contributed by atoms with Gasteiger partial charge in [-0.25, -0.2) is 0 Å². The average molecular weight is 209 g/mol. The Kier molecular flexibility index (Phi) is 3.73. The zero-order valence-corrected chi connectivity index (χ0v) is 8.17. The third-order valence-corrected chi connectivity index (χ3v) is 1.70. The Morgan fingerprint density at radius 1 is 1.53 bits per heavy atom. The van der Waals surface area contributed by atoms with E-state index in [1.807, 2.05) is 0 Å². The van der Waals surface area contributed by atoms with E-state index >= 15 is 0 Å². The third-order valence-electron chi connectivity index (χ3n) is 1.70. The van der Waals surface area contributed by atoms with Gasteiger partial charge in [-0.15, -0.1) is 0 Å². The van der Waals surface area contributed by atoms with Gasteiger partial charge in [0.2, 0.25) is 0 Å². The first-order valence-corrected chi connectivity index (χ1v) is 4.39. The molecule has 1 aromatic rings. The standard InChI is InChI=1S/C9H11N3O3/c1-6(4-8(13)14)12-9(15)7-2-3-10-11-5-7/h2-3,5-6H,4H2,1H3,(H,12,15)(H,13,14). The molecule has 0 saturated heterocycles. The Morgan fingerprint density at radius 3 is 2.80 bits per heavy atom. The molecule has 1 aromatic heterocycles. The maximum Gasteiger partial charge on any atom is 0.305 e. The second-order valence-electron chi connectivity index (χ2n) is 3.10. The molecule has 0 radical (unpaired) electrons.